The van der Waals surface area contributed by atoms with Crippen LogP contribution in [0, 0.1) is 19.8 Å². The summed E-state index contributed by atoms with van der Waals surface area (Å²) in [5.41, 5.74) is 1.99. The number of hydrogen-bond acceptors (Lipinski definition) is 5. The van der Waals surface area contributed by atoms with E-state index in [1.165, 1.54) is 0 Å². The summed E-state index contributed by atoms with van der Waals surface area (Å²) in [6.45, 7) is 5.89. The lowest BCUT2D eigenvalue weighted by Gasteiger charge is -2.43. The van der Waals surface area contributed by atoms with Gasteiger partial charge in [0, 0.05) is 37.4 Å². The maximum Gasteiger partial charge on any atom is 0.257 e. The van der Waals surface area contributed by atoms with Crippen LogP contribution in [0.15, 0.2) is 30.5 Å². The number of ether oxygens (including phenoxy) is 1. The van der Waals surface area contributed by atoms with Gasteiger partial charge in [0.25, 0.3) is 11.8 Å². The molecule has 7 nitrogen and oxygen atoms in total. The minimum Gasteiger partial charge on any atom is -0.497 e. The van der Waals surface area contributed by atoms with E-state index in [2.05, 4.69) is 14.9 Å². The van der Waals surface area contributed by atoms with Crippen molar-refractivity contribution in [3.63, 3.8) is 0 Å². The predicted octanol–water partition coefficient (Wildman–Crippen LogP) is 3.65. The largest absolute Gasteiger partial charge is 0.497 e. The fourth-order valence-corrected chi connectivity index (χ4v) is 5.07. The molecule has 2 aromatic rings. The summed E-state index contributed by atoms with van der Waals surface area (Å²) in [6, 6.07) is 7.64. The Morgan fingerprint density at radius 1 is 1.03 bits per heavy atom. The highest BCUT2D eigenvalue weighted by molar-refractivity contribution is 5.95. The van der Waals surface area contributed by atoms with Crippen molar-refractivity contribution >= 4 is 11.8 Å². The molecule has 0 radical (unpaired) electrons. The number of benzene rings is 1. The minimum absolute atomic E-state index is 0.00825. The summed E-state index contributed by atoms with van der Waals surface area (Å²) in [5, 5.41) is 0. The van der Waals surface area contributed by atoms with Crippen LogP contribution < -0.4 is 4.74 Å². The fourth-order valence-electron chi connectivity index (χ4n) is 5.07. The summed E-state index contributed by atoms with van der Waals surface area (Å²) in [4.78, 5) is 38.9. The van der Waals surface area contributed by atoms with Gasteiger partial charge in [-0.25, -0.2) is 9.97 Å². The van der Waals surface area contributed by atoms with Gasteiger partial charge in [-0.15, -0.1) is 0 Å². The molecule has 2 aliphatic heterocycles. The maximum atomic E-state index is 13.3. The zero-order valence-electron chi connectivity index (χ0n) is 19.2. The standard InChI is InChI=1S/C25H32N4O3/c1-17-22(16-26-18(2)27-17)25(31)28-13-10-19(11-14-28)23-9-4-5-12-29(23)24(30)20-7-6-8-21(15-20)32-3/h6-8,15-16,19,23H,4-5,9-14H2,1-3H3/t23-/m1/s1. The second-order valence-corrected chi connectivity index (χ2v) is 8.84. The number of nitrogens with zero attached hydrogens (tertiary/aromatic N) is 4. The van der Waals surface area contributed by atoms with Gasteiger partial charge in [-0.2, -0.15) is 0 Å². The molecular formula is C25H32N4O3. The molecule has 3 heterocycles. The molecule has 0 aliphatic carbocycles. The third-order valence-electron chi connectivity index (χ3n) is 6.83. The second kappa shape index (κ2) is 9.67. The number of amides is 2. The van der Waals surface area contributed by atoms with Crippen molar-refractivity contribution < 1.29 is 14.3 Å². The molecule has 0 saturated carbocycles. The lowest BCUT2D eigenvalue weighted by atomic mass is 9.83. The molecule has 0 bridgehead atoms. The van der Waals surface area contributed by atoms with Crippen LogP contribution in [-0.4, -0.2) is 64.4 Å². The van der Waals surface area contributed by atoms with Crippen LogP contribution in [-0.2, 0) is 0 Å². The van der Waals surface area contributed by atoms with Crippen LogP contribution in [0.2, 0.25) is 0 Å². The Morgan fingerprint density at radius 3 is 2.53 bits per heavy atom. The normalized spacial score (nSPS) is 19.7. The number of carbonyl (C=O) groups is 2. The van der Waals surface area contributed by atoms with E-state index in [1.54, 1.807) is 13.3 Å². The molecule has 0 spiro atoms. The van der Waals surface area contributed by atoms with E-state index in [9.17, 15) is 9.59 Å². The van der Waals surface area contributed by atoms with Crippen LogP contribution >= 0.6 is 0 Å². The highest BCUT2D eigenvalue weighted by Crippen LogP contribution is 2.32. The molecule has 0 N–H and O–H groups in total. The Balaban J connectivity index is 1.43. The molecule has 1 atom stereocenters. The van der Waals surface area contributed by atoms with Gasteiger partial charge in [0.1, 0.15) is 11.6 Å². The van der Waals surface area contributed by atoms with Gasteiger partial charge in [-0.3, -0.25) is 9.59 Å². The fraction of sp³-hybridized carbons (Fsp3) is 0.520. The average Bonchev–Trinajstić information content (AvgIpc) is 2.83. The molecule has 2 aliphatic rings. The van der Waals surface area contributed by atoms with Crippen LogP contribution in [0.25, 0.3) is 0 Å². The van der Waals surface area contributed by atoms with Crippen molar-refractivity contribution in [1.29, 1.82) is 0 Å². The van der Waals surface area contributed by atoms with Crippen molar-refractivity contribution in [3.8, 4) is 5.75 Å². The number of likely N-dealkylation sites (tertiary alicyclic amines) is 2. The van der Waals surface area contributed by atoms with Gasteiger partial charge >= 0.3 is 0 Å². The maximum absolute atomic E-state index is 13.3. The van der Waals surface area contributed by atoms with Crippen molar-refractivity contribution in [3.05, 3.63) is 53.1 Å². The van der Waals surface area contributed by atoms with E-state index in [0.717, 1.165) is 44.3 Å². The van der Waals surface area contributed by atoms with E-state index in [-0.39, 0.29) is 17.9 Å². The number of rotatable bonds is 4. The molecule has 1 aromatic carbocycles. The third-order valence-corrected chi connectivity index (χ3v) is 6.83. The number of aromatic nitrogens is 2. The minimum atomic E-state index is 0.00825. The van der Waals surface area contributed by atoms with Crippen molar-refractivity contribution in [2.24, 2.45) is 5.92 Å². The monoisotopic (exact) mass is 436 g/mol. The lowest BCUT2D eigenvalue weighted by Crippen LogP contribution is -2.51. The predicted molar refractivity (Wildman–Crippen MR) is 122 cm³/mol. The number of methoxy groups -OCH3 is 1. The highest BCUT2D eigenvalue weighted by Gasteiger charge is 2.36. The Hall–Kier alpha value is -2.96. The van der Waals surface area contributed by atoms with Crippen LogP contribution in [0.5, 0.6) is 5.75 Å². The zero-order chi connectivity index (χ0) is 22.7. The summed E-state index contributed by atoms with van der Waals surface area (Å²) >= 11 is 0. The van der Waals surface area contributed by atoms with Gasteiger partial charge in [0.15, 0.2) is 0 Å². The average molecular weight is 437 g/mol. The Kier molecular flexibility index (Phi) is 6.72. The number of piperidine rings is 2. The first-order valence-electron chi connectivity index (χ1n) is 11.5. The molecule has 2 amide bonds. The van der Waals surface area contributed by atoms with Crippen molar-refractivity contribution in [2.45, 2.75) is 52.0 Å². The number of hydrogen-bond donors (Lipinski definition) is 0. The zero-order valence-corrected chi connectivity index (χ0v) is 19.2. The lowest BCUT2D eigenvalue weighted by molar-refractivity contribution is 0.0374. The third kappa shape index (κ3) is 4.61. The van der Waals surface area contributed by atoms with Gasteiger partial charge < -0.3 is 14.5 Å². The Bertz CT molecular complexity index is 985. The molecule has 7 heteroatoms. The molecular weight excluding hydrogens is 404 g/mol. The van der Waals surface area contributed by atoms with E-state index in [4.69, 9.17) is 4.74 Å². The molecule has 32 heavy (non-hydrogen) atoms. The van der Waals surface area contributed by atoms with Crippen LogP contribution in [0.4, 0.5) is 0 Å². The van der Waals surface area contributed by atoms with Gasteiger partial charge in [0.2, 0.25) is 0 Å². The molecule has 2 fully saturated rings. The van der Waals surface area contributed by atoms with Crippen LogP contribution in [0.3, 0.4) is 0 Å². The smallest absolute Gasteiger partial charge is 0.257 e. The quantitative estimate of drug-likeness (QED) is 0.731. The molecule has 1 aromatic heterocycles. The summed E-state index contributed by atoms with van der Waals surface area (Å²) in [6.07, 6.45) is 6.66. The second-order valence-electron chi connectivity index (χ2n) is 8.84. The molecule has 0 unspecified atom stereocenters. The molecule has 4 rings (SSSR count). The van der Waals surface area contributed by atoms with Gasteiger partial charge in [-0.1, -0.05) is 6.07 Å². The Morgan fingerprint density at radius 2 is 1.81 bits per heavy atom. The first kappa shape index (κ1) is 22.2. The van der Waals surface area contributed by atoms with Crippen molar-refractivity contribution in [1.82, 2.24) is 19.8 Å². The van der Waals surface area contributed by atoms with Gasteiger partial charge in [-0.05, 0) is 70.1 Å². The first-order chi connectivity index (χ1) is 15.5. The molecule has 2 saturated heterocycles. The van der Waals surface area contributed by atoms with Crippen LogP contribution in [0.1, 0.15) is 64.3 Å². The van der Waals surface area contributed by atoms with E-state index < -0.39 is 0 Å². The number of aryl methyl sites for hydroxylation is 2. The van der Waals surface area contributed by atoms with E-state index in [1.807, 2.05) is 43.0 Å². The topological polar surface area (TPSA) is 75.6 Å². The number of carbonyl (C=O) groups excluding carboxylic acids is 2. The summed E-state index contributed by atoms with van der Waals surface area (Å²) in [5.74, 6) is 1.88. The summed E-state index contributed by atoms with van der Waals surface area (Å²) < 4.78 is 5.30. The first-order valence-corrected chi connectivity index (χ1v) is 11.5. The highest BCUT2D eigenvalue weighted by atomic mass is 16.5. The molecule has 170 valence electrons. The van der Waals surface area contributed by atoms with Crippen molar-refractivity contribution in [2.75, 3.05) is 26.7 Å². The van der Waals surface area contributed by atoms with E-state index in [0.29, 0.717) is 41.7 Å². The summed E-state index contributed by atoms with van der Waals surface area (Å²) in [7, 11) is 1.62. The van der Waals surface area contributed by atoms with Gasteiger partial charge in [0.05, 0.1) is 18.4 Å². The van der Waals surface area contributed by atoms with E-state index >= 15 is 0 Å². The Labute approximate surface area is 189 Å². The SMILES string of the molecule is COc1cccc(C(=O)N2CCCC[C@@H]2C2CCN(C(=O)c3cnc(C)nc3C)CC2)c1.